The molecule has 3 aromatic heterocycles. The Morgan fingerprint density at radius 2 is 2.00 bits per heavy atom. The average Bonchev–Trinajstić information content (AvgIpc) is 3.12. The maximum atomic E-state index is 6.01. The molecule has 28 heavy (non-hydrogen) atoms. The number of rotatable bonds is 6. The van der Waals surface area contributed by atoms with Crippen LogP contribution >= 0.6 is 0 Å². The van der Waals surface area contributed by atoms with Gasteiger partial charge in [-0.05, 0) is 32.4 Å². The van der Waals surface area contributed by atoms with Crippen LogP contribution in [0.2, 0.25) is 0 Å². The molecule has 1 aliphatic rings. The van der Waals surface area contributed by atoms with Crippen LogP contribution in [0.1, 0.15) is 48.1 Å². The van der Waals surface area contributed by atoms with Gasteiger partial charge < -0.3 is 9.64 Å². The summed E-state index contributed by atoms with van der Waals surface area (Å²) >= 11 is 0. The number of hydrogen-bond acceptors (Lipinski definition) is 7. The first-order chi connectivity index (χ1) is 13.7. The van der Waals surface area contributed by atoms with Crippen LogP contribution < -0.4 is 9.64 Å². The third-order valence-electron chi connectivity index (χ3n) is 4.94. The average molecular weight is 376 g/mol. The van der Waals surface area contributed by atoms with Crippen LogP contribution in [0.5, 0.6) is 11.6 Å². The molecule has 3 aromatic rings. The van der Waals surface area contributed by atoms with Crippen LogP contribution in [-0.4, -0.2) is 24.9 Å². The van der Waals surface area contributed by atoms with Gasteiger partial charge in [0.05, 0.1) is 23.5 Å². The molecule has 7 heteroatoms. The first-order valence-corrected chi connectivity index (χ1v) is 9.65. The molecule has 0 saturated heterocycles. The molecular formula is C21H24N6O. The van der Waals surface area contributed by atoms with E-state index < -0.39 is 0 Å². The van der Waals surface area contributed by atoms with Gasteiger partial charge in [-0.15, -0.1) is 0 Å². The highest BCUT2D eigenvalue weighted by Gasteiger charge is 2.25. The third-order valence-corrected chi connectivity index (χ3v) is 4.94. The number of aromatic nitrogens is 5. The van der Waals surface area contributed by atoms with E-state index in [1.54, 1.807) is 12.5 Å². The Labute approximate surface area is 164 Å². The number of nitrogens with zero attached hydrogens (tertiary/aromatic N) is 6. The Hall–Kier alpha value is -3.09. The fourth-order valence-electron chi connectivity index (χ4n) is 3.33. The number of aryl methyl sites for hydroxylation is 2. The van der Waals surface area contributed by atoms with E-state index >= 15 is 0 Å². The van der Waals surface area contributed by atoms with Crippen molar-refractivity contribution in [3.05, 3.63) is 59.2 Å². The normalized spacial score (nSPS) is 12.9. The van der Waals surface area contributed by atoms with Crippen LogP contribution in [0.3, 0.4) is 0 Å². The first kappa shape index (κ1) is 18.3. The van der Waals surface area contributed by atoms with Crippen molar-refractivity contribution in [2.75, 3.05) is 4.90 Å². The second-order valence-electron chi connectivity index (χ2n) is 7.03. The van der Waals surface area contributed by atoms with Crippen LogP contribution in [0, 0.1) is 13.8 Å². The van der Waals surface area contributed by atoms with E-state index in [4.69, 9.17) is 9.72 Å². The summed E-state index contributed by atoms with van der Waals surface area (Å²) in [6, 6.07) is 3.74. The lowest BCUT2D eigenvalue weighted by Gasteiger charge is -2.19. The van der Waals surface area contributed by atoms with E-state index in [2.05, 4.69) is 31.8 Å². The van der Waals surface area contributed by atoms with E-state index in [1.165, 1.54) is 0 Å². The van der Waals surface area contributed by atoms with Crippen molar-refractivity contribution in [2.45, 2.75) is 53.1 Å². The van der Waals surface area contributed by atoms with Gasteiger partial charge in [-0.2, -0.15) is 0 Å². The van der Waals surface area contributed by atoms with Crippen molar-refractivity contribution in [2.24, 2.45) is 0 Å². The zero-order valence-electron chi connectivity index (χ0n) is 16.5. The molecule has 0 radical (unpaired) electrons. The fourth-order valence-corrected chi connectivity index (χ4v) is 3.33. The summed E-state index contributed by atoms with van der Waals surface area (Å²) in [4.78, 5) is 24.6. The van der Waals surface area contributed by atoms with E-state index in [0.29, 0.717) is 11.6 Å². The van der Waals surface area contributed by atoms with Crippen LogP contribution in [0.4, 0.5) is 5.82 Å². The first-order valence-electron chi connectivity index (χ1n) is 9.65. The van der Waals surface area contributed by atoms with E-state index in [0.717, 1.165) is 66.5 Å². The minimum absolute atomic E-state index is 0.548. The Kier molecular flexibility index (Phi) is 5.14. The molecule has 0 aromatic carbocycles. The predicted octanol–water partition coefficient (Wildman–Crippen LogP) is 3.93. The Bertz CT molecular complexity index is 990. The minimum atomic E-state index is 0.548. The van der Waals surface area contributed by atoms with E-state index in [1.807, 2.05) is 32.2 Å². The molecule has 0 saturated carbocycles. The zero-order valence-corrected chi connectivity index (χ0v) is 16.5. The van der Waals surface area contributed by atoms with Crippen LogP contribution in [0.25, 0.3) is 0 Å². The van der Waals surface area contributed by atoms with Gasteiger partial charge in [-0.25, -0.2) is 19.9 Å². The molecule has 1 aliphatic heterocycles. The van der Waals surface area contributed by atoms with Crippen molar-refractivity contribution in [1.82, 2.24) is 24.9 Å². The number of unbranched alkanes of at least 4 members (excludes halogenated alkanes) is 1. The molecule has 0 fully saturated rings. The summed E-state index contributed by atoms with van der Waals surface area (Å²) in [6.07, 6.45) is 8.44. The summed E-state index contributed by atoms with van der Waals surface area (Å²) in [5.41, 5.74) is 3.97. The molecule has 0 spiro atoms. The lowest BCUT2D eigenvalue weighted by Crippen LogP contribution is -2.18. The highest BCUT2D eigenvalue weighted by Crippen LogP contribution is 2.33. The summed E-state index contributed by atoms with van der Waals surface area (Å²) in [7, 11) is 0. The third kappa shape index (κ3) is 3.65. The molecule has 7 nitrogen and oxygen atoms in total. The summed E-state index contributed by atoms with van der Waals surface area (Å²) in [6.45, 7) is 7.54. The monoisotopic (exact) mass is 376 g/mol. The van der Waals surface area contributed by atoms with Crippen LogP contribution in [-0.2, 0) is 19.5 Å². The second kappa shape index (κ2) is 7.88. The quantitative estimate of drug-likeness (QED) is 0.645. The molecule has 0 atom stereocenters. The maximum absolute atomic E-state index is 6.01. The number of anilines is 1. The molecule has 0 aliphatic carbocycles. The fraction of sp³-hybridized carbons (Fsp3) is 0.381. The smallest absolute Gasteiger partial charge is 0.227 e. The van der Waals surface area contributed by atoms with Gasteiger partial charge in [0.2, 0.25) is 5.88 Å². The SMILES string of the molecule is CCCCc1ncc2c(n1)CN(c1ncnc(Oc3cccnc3C)c1C)C2. The van der Waals surface area contributed by atoms with Crippen molar-refractivity contribution in [3.63, 3.8) is 0 Å². The standard InChI is InChI=1S/C21H24N6O/c1-4-5-8-19-23-10-16-11-27(12-17(16)26-19)20-14(2)21(25-13-24-20)28-18-7-6-9-22-15(18)3/h6-7,9-10,13H,4-5,8,11-12H2,1-3H3. The van der Waals surface area contributed by atoms with E-state index in [-0.39, 0.29) is 0 Å². The highest BCUT2D eigenvalue weighted by atomic mass is 16.5. The molecule has 4 heterocycles. The van der Waals surface area contributed by atoms with Crippen molar-refractivity contribution in [3.8, 4) is 11.6 Å². The van der Waals surface area contributed by atoms with Gasteiger partial charge >= 0.3 is 0 Å². The van der Waals surface area contributed by atoms with Crippen LogP contribution in [0.15, 0.2) is 30.9 Å². The number of pyridine rings is 1. The topological polar surface area (TPSA) is 76.9 Å². The second-order valence-corrected chi connectivity index (χ2v) is 7.03. The molecule has 0 unspecified atom stereocenters. The zero-order chi connectivity index (χ0) is 19.5. The molecule has 0 amide bonds. The van der Waals surface area contributed by atoms with E-state index in [9.17, 15) is 0 Å². The number of fused-ring (bicyclic) bond motifs is 1. The van der Waals surface area contributed by atoms with Gasteiger partial charge in [-0.3, -0.25) is 4.98 Å². The van der Waals surface area contributed by atoms with Gasteiger partial charge in [0.25, 0.3) is 0 Å². The Morgan fingerprint density at radius 1 is 1.11 bits per heavy atom. The van der Waals surface area contributed by atoms with Crippen molar-refractivity contribution < 1.29 is 4.74 Å². The number of ether oxygens (including phenoxy) is 1. The molecule has 0 N–H and O–H groups in total. The highest BCUT2D eigenvalue weighted by molar-refractivity contribution is 5.53. The van der Waals surface area contributed by atoms with Gasteiger partial charge in [0.1, 0.15) is 18.0 Å². The molecular weight excluding hydrogens is 352 g/mol. The molecule has 144 valence electrons. The van der Waals surface area contributed by atoms with Gasteiger partial charge in [0.15, 0.2) is 5.75 Å². The van der Waals surface area contributed by atoms with Crippen molar-refractivity contribution in [1.29, 1.82) is 0 Å². The molecule has 0 bridgehead atoms. The minimum Gasteiger partial charge on any atom is -0.437 e. The van der Waals surface area contributed by atoms with Gasteiger partial charge in [0, 0.05) is 30.9 Å². The van der Waals surface area contributed by atoms with Gasteiger partial charge in [-0.1, -0.05) is 13.3 Å². The summed E-state index contributed by atoms with van der Waals surface area (Å²) in [5, 5.41) is 0. The lowest BCUT2D eigenvalue weighted by molar-refractivity contribution is 0.451. The summed E-state index contributed by atoms with van der Waals surface area (Å²) < 4.78 is 6.01. The maximum Gasteiger partial charge on any atom is 0.227 e. The Morgan fingerprint density at radius 3 is 2.82 bits per heavy atom. The largest absolute Gasteiger partial charge is 0.437 e. The molecule has 4 rings (SSSR count). The number of hydrogen-bond donors (Lipinski definition) is 0. The Balaban J connectivity index is 1.56. The summed E-state index contributed by atoms with van der Waals surface area (Å²) in [5.74, 6) is 3.04. The van der Waals surface area contributed by atoms with Crippen molar-refractivity contribution >= 4 is 5.82 Å². The predicted molar refractivity (Wildman–Crippen MR) is 106 cm³/mol. The lowest BCUT2D eigenvalue weighted by atomic mass is 10.2.